The fraction of sp³-hybridized carbons (Fsp3) is 0.769. The highest BCUT2D eigenvalue weighted by Crippen LogP contribution is 2.06. The molecule has 0 aromatic carbocycles. The predicted octanol–water partition coefficient (Wildman–Crippen LogP) is 1.92. The number of guanidine groups is 1. The highest BCUT2D eigenvalue weighted by molar-refractivity contribution is 14.0. The van der Waals surface area contributed by atoms with Crippen LogP contribution < -0.4 is 10.6 Å². The summed E-state index contributed by atoms with van der Waals surface area (Å²) in [7, 11) is 3.71. The molecule has 0 fully saturated rings. The van der Waals surface area contributed by atoms with Crippen molar-refractivity contribution in [3.05, 3.63) is 12.2 Å². The maximum Gasteiger partial charge on any atom is 0.191 e. The molecule has 0 aliphatic carbocycles. The minimum absolute atomic E-state index is 0. The average molecular weight is 394 g/mol. The third-order valence-electron chi connectivity index (χ3n) is 3.00. The summed E-state index contributed by atoms with van der Waals surface area (Å²) in [4.78, 5) is 4.22. The van der Waals surface area contributed by atoms with Gasteiger partial charge in [0.1, 0.15) is 6.33 Å². The molecule has 1 aromatic rings. The van der Waals surface area contributed by atoms with Gasteiger partial charge in [-0.15, -0.1) is 34.2 Å². The fourth-order valence-corrected chi connectivity index (χ4v) is 1.71. The molecule has 1 aromatic heterocycles. The summed E-state index contributed by atoms with van der Waals surface area (Å²) in [6.45, 7) is 7.28. The van der Waals surface area contributed by atoms with Crippen molar-refractivity contribution in [3.8, 4) is 0 Å². The molecule has 0 amide bonds. The number of halogens is 1. The number of hydrogen-bond acceptors (Lipinski definition) is 3. The zero-order valence-electron chi connectivity index (χ0n) is 13.1. The van der Waals surface area contributed by atoms with Gasteiger partial charge in [0, 0.05) is 20.1 Å². The van der Waals surface area contributed by atoms with E-state index >= 15 is 0 Å². The number of rotatable bonds is 6. The average Bonchev–Trinajstić information content (AvgIpc) is 2.77. The molecule has 0 bridgehead atoms. The van der Waals surface area contributed by atoms with Crippen LogP contribution in [0, 0.1) is 5.92 Å². The van der Waals surface area contributed by atoms with Gasteiger partial charge in [0.15, 0.2) is 11.8 Å². The van der Waals surface area contributed by atoms with Crippen LogP contribution in [0.25, 0.3) is 0 Å². The molecule has 1 atom stereocenters. The second-order valence-corrected chi connectivity index (χ2v) is 5.30. The first-order chi connectivity index (χ1) is 9.02. The Hall–Kier alpha value is -0.860. The summed E-state index contributed by atoms with van der Waals surface area (Å²) >= 11 is 0. The van der Waals surface area contributed by atoms with Crippen LogP contribution in [0.3, 0.4) is 0 Å². The third-order valence-corrected chi connectivity index (χ3v) is 3.00. The van der Waals surface area contributed by atoms with Crippen LogP contribution in [0.2, 0.25) is 0 Å². The van der Waals surface area contributed by atoms with Crippen molar-refractivity contribution in [2.75, 3.05) is 7.05 Å². The zero-order valence-corrected chi connectivity index (χ0v) is 15.4. The Balaban J connectivity index is 0.00000361. The molecule has 1 heterocycles. The van der Waals surface area contributed by atoms with E-state index in [1.807, 2.05) is 11.6 Å². The van der Waals surface area contributed by atoms with E-state index in [4.69, 9.17) is 0 Å². The molecule has 0 radical (unpaired) electrons. The van der Waals surface area contributed by atoms with Crippen LogP contribution in [0.5, 0.6) is 0 Å². The predicted molar refractivity (Wildman–Crippen MR) is 93.3 cm³/mol. The minimum atomic E-state index is 0. The van der Waals surface area contributed by atoms with Gasteiger partial charge >= 0.3 is 0 Å². The van der Waals surface area contributed by atoms with Crippen molar-refractivity contribution in [1.82, 2.24) is 25.4 Å². The Labute approximate surface area is 138 Å². The lowest BCUT2D eigenvalue weighted by Crippen LogP contribution is -2.42. The lowest BCUT2D eigenvalue weighted by Gasteiger charge is -2.18. The van der Waals surface area contributed by atoms with E-state index in [1.165, 1.54) is 6.42 Å². The van der Waals surface area contributed by atoms with Crippen molar-refractivity contribution < 1.29 is 0 Å². The second-order valence-electron chi connectivity index (χ2n) is 5.30. The molecule has 1 rings (SSSR count). The molecule has 6 nitrogen and oxygen atoms in total. The molecule has 7 heteroatoms. The van der Waals surface area contributed by atoms with E-state index in [0.717, 1.165) is 24.1 Å². The quantitative estimate of drug-likeness (QED) is 0.440. The summed E-state index contributed by atoms with van der Waals surface area (Å²) in [5.41, 5.74) is 0. The van der Waals surface area contributed by atoms with Crippen LogP contribution in [0.15, 0.2) is 11.3 Å². The Morgan fingerprint density at radius 3 is 2.55 bits per heavy atom. The first kappa shape index (κ1) is 19.1. The lowest BCUT2D eigenvalue weighted by molar-refractivity contribution is 0.488. The molecule has 0 saturated carbocycles. The molecule has 0 saturated heterocycles. The Kier molecular flexibility index (Phi) is 9.52. The van der Waals surface area contributed by atoms with Gasteiger partial charge in [0.2, 0.25) is 0 Å². The van der Waals surface area contributed by atoms with Gasteiger partial charge < -0.3 is 15.2 Å². The largest absolute Gasteiger partial charge is 0.354 e. The van der Waals surface area contributed by atoms with Crippen molar-refractivity contribution >= 4 is 29.9 Å². The summed E-state index contributed by atoms with van der Waals surface area (Å²) in [5, 5.41) is 14.5. The fourth-order valence-electron chi connectivity index (χ4n) is 1.71. The van der Waals surface area contributed by atoms with Crippen molar-refractivity contribution in [3.63, 3.8) is 0 Å². The van der Waals surface area contributed by atoms with Gasteiger partial charge in [0.05, 0.1) is 6.54 Å². The van der Waals surface area contributed by atoms with Gasteiger partial charge in [-0.1, -0.05) is 13.8 Å². The number of aliphatic imine (C=N–C) groups is 1. The van der Waals surface area contributed by atoms with Gasteiger partial charge in [-0.3, -0.25) is 4.99 Å². The van der Waals surface area contributed by atoms with E-state index in [9.17, 15) is 0 Å². The lowest BCUT2D eigenvalue weighted by atomic mass is 10.0. The zero-order chi connectivity index (χ0) is 14.3. The topological polar surface area (TPSA) is 67.1 Å². The first-order valence-electron chi connectivity index (χ1n) is 6.83. The number of aryl methyl sites for hydroxylation is 1. The molecule has 1 unspecified atom stereocenters. The van der Waals surface area contributed by atoms with Crippen LogP contribution in [-0.2, 0) is 13.6 Å². The SMILES string of the molecule is CN=C(NCc1nncn1C)NC(C)CCC(C)C.I. The van der Waals surface area contributed by atoms with Crippen LogP contribution in [0.1, 0.15) is 39.4 Å². The smallest absolute Gasteiger partial charge is 0.191 e. The molecule has 2 N–H and O–H groups in total. The number of nitrogens with one attached hydrogen (secondary N) is 2. The molecule has 0 spiro atoms. The van der Waals surface area contributed by atoms with Gasteiger partial charge in [-0.25, -0.2) is 0 Å². The monoisotopic (exact) mass is 394 g/mol. The summed E-state index contributed by atoms with van der Waals surface area (Å²) in [6.07, 6.45) is 4.05. The third kappa shape index (κ3) is 7.06. The summed E-state index contributed by atoms with van der Waals surface area (Å²) in [6, 6.07) is 0.410. The normalized spacial score (nSPS) is 13.0. The highest BCUT2D eigenvalue weighted by atomic mass is 127. The number of aromatic nitrogens is 3. The maximum absolute atomic E-state index is 4.22. The van der Waals surface area contributed by atoms with Gasteiger partial charge in [0.25, 0.3) is 0 Å². The van der Waals surface area contributed by atoms with Crippen molar-refractivity contribution in [2.45, 2.75) is 46.2 Å². The van der Waals surface area contributed by atoms with E-state index < -0.39 is 0 Å². The highest BCUT2D eigenvalue weighted by Gasteiger charge is 2.07. The molecular weight excluding hydrogens is 367 g/mol. The standard InChI is InChI=1S/C13H26N6.HI/c1-10(2)6-7-11(3)17-13(14-4)15-8-12-18-16-9-19(12)5;/h9-11H,6-8H2,1-5H3,(H2,14,15,17);1H. The second kappa shape index (κ2) is 9.95. The Morgan fingerprint density at radius 2 is 2.05 bits per heavy atom. The van der Waals surface area contributed by atoms with E-state index in [-0.39, 0.29) is 24.0 Å². The number of nitrogens with zero attached hydrogens (tertiary/aromatic N) is 4. The van der Waals surface area contributed by atoms with E-state index in [1.54, 1.807) is 13.4 Å². The Morgan fingerprint density at radius 1 is 1.35 bits per heavy atom. The van der Waals surface area contributed by atoms with Crippen LogP contribution in [-0.4, -0.2) is 33.8 Å². The van der Waals surface area contributed by atoms with E-state index in [2.05, 4.69) is 46.6 Å². The summed E-state index contributed by atoms with van der Waals surface area (Å²) < 4.78 is 1.89. The molecular formula is C13H27IN6. The first-order valence-corrected chi connectivity index (χ1v) is 6.83. The Bertz CT molecular complexity index is 401. The van der Waals surface area contributed by atoms with E-state index in [0.29, 0.717) is 12.6 Å². The molecule has 0 aliphatic rings. The molecule has 0 aliphatic heterocycles. The van der Waals surface area contributed by atoms with Gasteiger partial charge in [-0.05, 0) is 25.7 Å². The minimum Gasteiger partial charge on any atom is -0.354 e. The number of hydrogen-bond donors (Lipinski definition) is 2. The maximum atomic E-state index is 4.22. The molecule has 116 valence electrons. The van der Waals surface area contributed by atoms with Crippen LogP contribution in [0.4, 0.5) is 0 Å². The van der Waals surface area contributed by atoms with Gasteiger partial charge in [-0.2, -0.15) is 0 Å². The summed E-state index contributed by atoms with van der Waals surface area (Å²) in [5.74, 6) is 2.43. The van der Waals surface area contributed by atoms with Crippen molar-refractivity contribution in [2.24, 2.45) is 18.0 Å². The molecule has 20 heavy (non-hydrogen) atoms. The van der Waals surface area contributed by atoms with Crippen LogP contribution >= 0.6 is 24.0 Å². The van der Waals surface area contributed by atoms with Crippen molar-refractivity contribution in [1.29, 1.82) is 0 Å².